The van der Waals surface area contributed by atoms with Gasteiger partial charge in [-0.3, -0.25) is 9.59 Å². The molecule has 0 saturated heterocycles. The van der Waals surface area contributed by atoms with Crippen LogP contribution in [0.2, 0.25) is 0 Å². The average Bonchev–Trinajstić information content (AvgIpc) is 2.89. The first-order valence-electron chi connectivity index (χ1n) is 7.48. The van der Waals surface area contributed by atoms with Crippen LogP contribution in [0.3, 0.4) is 0 Å². The minimum Gasteiger partial charge on any atom is -0.366 e. The number of aryl methyl sites for hydroxylation is 2. The molecular weight excluding hydrogens is 306 g/mol. The van der Waals surface area contributed by atoms with Crippen molar-refractivity contribution < 1.29 is 9.32 Å². The van der Waals surface area contributed by atoms with E-state index < -0.39 is 5.91 Å². The molecule has 122 valence electrons. The lowest BCUT2D eigenvalue weighted by Crippen LogP contribution is -2.19. The maximum Gasteiger partial charge on any atom is 0.250 e. The van der Waals surface area contributed by atoms with E-state index in [-0.39, 0.29) is 5.56 Å². The fraction of sp³-hybridized carbons (Fsp3) is 0.167. The second-order valence-electron chi connectivity index (χ2n) is 5.64. The molecule has 0 aliphatic rings. The molecule has 2 heterocycles. The van der Waals surface area contributed by atoms with Crippen LogP contribution in [0.4, 0.5) is 0 Å². The van der Waals surface area contributed by atoms with Crippen LogP contribution in [-0.2, 0) is 6.54 Å². The standard InChI is InChI=1S/C18H17N3O3/c1-11-17(12(2)24-20-11)15-7-8-16(22)21(10-15)9-13-3-5-14(6-4-13)18(19)23/h3-8,10H,9H2,1-2H3,(H2,19,23). The van der Waals surface area contributed by atoms with Crippen molar-refractivity contribution in [2.24, 2.45) is 5.73 Å². The first-order chi connectivity index (χ1) is 11.5. The van der Waals surface area contributed by atoms with Gasteiger partial charge in [-0.15, -0.1) is 0 Å². The van der Waals surface area contributed by atoms with E-state index in [2.05, 4.69) is 5.16 Å². The molecule has 3 aromatic rings. The maximum atomic E-state index is 12.1. The molecule has 0 aliphatic heterocycles. The molecule has 2 N–H and O–H groups in total. The Kier molecular flexibility index (Phi) is 4.04. The average molecular weight is 323 g/mol. The normalized spacial score (nSPS) is 10.8. The third kappa shape index (κ3) is 2.99. The summed E-state index contributed by atoms with van der Waals surface area (Å²) in [6, 6.07) is 10.2. The van der Waals surface area contributed by atoms with E-state index in [1.165, 1.54) is 6.07 Å². The zero-order valence-electron chi connectivity index (χ0n) is 13.4. The first kappa shape index (κ1) is 15.7. The van der Waals surface area contributed by atoms with Gasteiger partial charge in [0.05, 0.1) is 12.2 Å². The number of carbonyl (C=O) groups excluding carboxylic acids is 1. The summed E-state index contributed by atoms with van der Waals surface area (Å²) in [7, 11) is 0. The number of nitrogens with zero attached hydrogens (tertiary/aromatic N) is 2. The lowest BCUT2D eigenvalue weighted by Gasteiger charge is -2.09. The van der Waals surface area contributed by atoms with Gasteiger partial charge in [0, 0.05) is 29.0 Å². The minimum atomic E-state index is -0.473. The van der Waals surface area contributed by atoms with Gasteiger partial charge in [0.15, 0.2) is 0 Å². The molecule has 0 saturated carbocycles. The lowest BCUT2D eigenvalue weighted by molar-refractivity contribution is 0.100. The van der Waals surface area contributed by atoms with Crippen molar-refractivity contribution in [3.05, 3.63) is 75.5 Å². The SMILES string of the molecule is Cc1noc(C)c1-c1ccc(=O)n(Cc2ccc(C(N)=O)cc2)c1. The fourth-order valence-electron chi connectivity index (χ4n) is 2.67. The van der Waals surface area contributed by atoms with Gasteiger partial charge in [-0.2, -0.15) is 0 Å². The summed E-state index contributed by atoms with van der Waals surface area (Å²) in [5.41, 5.74) is 9.02. The van der Waals surface area contributed by atoms with Gasteiger partial charge in [0.25, 0.3) is 5.56 Å². The monoisotopic (exact) mass is 323 g/mol. The second-order valence-corrected chi connectivity index (χ2v) is 5.64. The smallest absolute Gasteiger partial charge is 0.250 e. The highest BCUT2D eigenvalue weighted by atomic mass is 16.5. The van der Waals surface area contributed by atoms with E-state index >= 15 is 0 Å². The van der Waals surface area contributed by atoms with Crippen LogP contribution in [0.1, 0.15) is 27.4 Å². The molecule has 6 heteroatoms. The molecule has 2 aromatic heterocycles. The summed E-state index contributed by atoms with van der Waals surface area (Å²) in [5.74, 6) is 0.239. The third-order valence-corrected chi connectivity index (χ3v) is 3.90. The van der Waals surface area contributed by atoms with Crippen LogP contribution in [0, 0.1) is 13.8 Å². The predicted molar refractivity (Wildman–Crippen MR) is 89.7 cm³/mol. The molecule has 0 aliphatic carbocycles. The number of rotatable bonds is 4. The van der Waals surface area contributed by atoms with Crippen molar-refractivity contribution in [2.75, 3.05) is 0 Å². The number of amides is 1. The van der Waals surface area contributed by atoms with Crippen molar-refractivity contribution in [3.63, 3.8) is 0 Å². The fourth-order valence-corrected chi connectivity index (χ4v) is 2.67. The lowest BCUT2D eigenvalue weighted by atomic mass is 10.1. The van der Waals surface area contributed by atoms with Gasteiger partial charge < -0.3 is 14.8 Å². The molecule has 0 fully saturated rings. The van der Waals surface area contributed by atoms with E-state index in [0.717, 1.165) is 22.4 Å². The number of hydrogen-bond donors (Lipinski definition) is 1. The quantitative estimate of drug-likeness (QED) is 0.797. The van der Waals surface area contributed by atoms with Crippen LogP contribution in [0.5, 0.6) is 0 Å². The summed E-state index contributed by atoms with van der Waals surface area (Å²) >= 11 is 0. The van der Waals surface area contributed by atoms with Crippen molar-refractivity contribution in [1.82, 2.24) is 9.72 Å². The number of hydrogen-bond acceptors (Lipinski definition) is 4. The van der Waals surface area contributed by atoms with Crippen LogP contribution < -0.4 is 11.3 Å². The molecule has 1 amide bonds. The molecule has 0 atom stereocenters. The van der Waals surface area contributed by atoms with Gasteiger partial charge in [0.2, 0.25) is 5.91 Å². The largest absolute Gasteiger partial charge is 0.366 e. The van der Waals surface area contributed by atoms with Gasteiger partial charge in [-0.25, -0.2) is 0 Å². The highest BCUT2D eigenvalue weighted by Gasteiger charge is 2.12. The van der Waals surface area contributed by atoms with Crippen LogP contribution in [0.25, 0.3) is 11.1 Å². The zero-order chi connectivity index (χ0) is 17.3. The molecule has 0 bridgehead atoms. The van der Waals surface area contributed by atoms with E-state index in [9.17, 15) is 9.59 Å². The van der Waals surface area contributed by atoms with Crippen LogP contribution >= 0.6 is 0 Å². The first-order valence-corrected chi connectivity index (χ1v) is 7.48. The Morgan fingerprint density at radius 2 is 1.88 bits per heavy atom. The number of primary amides is 1. The number of carbonyl (C=O) groups is 1. The van der Waals surface area contributed by atoms with Crippen LogP contribution in [0.15, 0.2) is 51.9 Å². The Morgan fingerprint density at radius 1 is 1.17 bits per heavy atom. The van der Waals surface area contributed by atoms with Crippen molar-refractivity contribution in [1.29, 1.82) is 0 Å². The van der Waals surface area contributed by atoms with Gasteiger partial charge in [-0.1, -0.05) is 17.3 Å². The number of pyridine rings is 1. The predicted octanol–water partition coefficient (Wildman–Crippen LogP) is 2.27. The summed E-state index contributed by atoms with van der Waals surface area (Å²) in [6.45, 7) is 4.10. The van der Waals surface area contributed by atoms with Gasteiger partial charge in [0.1, 0.15) is 5.76 Å². The molecule has 0 spiro atoms. The summed E-state index contributed by atoms with van der Waals surface area (Å²) in [5, 5.41) is 3.95. The Balaban J connectivity index is 1.95. The van der Waals surface area contributed by atoms with E-state index in [1.54, 1.807) is 41.1 Å². The topological polar surface area (TPSA) is 91.1 Å². The van der Waals surface area contributed by atoms with Crippen LogP contribution in [-0.4, -0.2) is 15.6 Å². The van der Waals surface area contributed by atoms with Crippen molar-refractivity contribution in [3.8, 4) is 11.1 Å². The van der Waals surface area contributed by atoms with Crippen molar-refractivity contribution in [2.45, 2.75) is 20.4 Å². The Labute approximate surface area is 138 Å². The second kappa shape index (κ2) is 6.16. The number of nitrogens with two attached hydrogens (primary N) is 1. The molecular formula is C18H17N3O3. The van der Waals surface area contributed by atoms with E-state index in [1.807, 2.05) is 13.8 Å². The number of aromatic nitrogens is 2. The minimum absolute atomic E-state index is 0.107. The zero-order valence-corrected chi connectivity index (χ0v) is 13.4. The molecule has 1 aromatic carbocycles. The van der Waals surface area contributed by atoms with Crippen molar-refractivity contribution >= 4 is 5.91 Å². The molecule has 0 radical (unpaired) electrons. The van der Waals surface area contributed by atoms with E-state index in [0.29, 0.717) is 17.9 Å². The summed E-state index contributed by atoms with van der Waals surface area (Å²) < 4.78 is 6.80. The maximum absolute atomic E-state index is 12.1. The Morgan fingerprint density at radius 3 is 2.46 bits per heavy atom. The van der Waals surface area contributed by atoms with E-state index in [4.69, 9.17) is 10.3 Å². The summed E-state index contributed by atoms with van der Waals surface area (Å²) in [4.78, 5) is 23.3. The molecule has 6 nitrogen and oxygen atoms in total. The van der Waals surface area contributed by atoms with Gasteiger partial charge in [-0.05, 0) is 37.6 Å². The molecule has 0 unspecified atom stereocenters. The highest BCUT2D eigenvalue weighted by Crippen LogP contribution is 2.25. The Hall–Kier alpha value is -3.15. The highest BCUT2D eigenvalue weighted by molar-refractivity contribution is 5.92. The number of benzene rings is 1. The molecule has 24 heavy (non-hydrogen) atoms. The van der Waals surface area contributed by atoms with Gasteiger partial charge >= 0.3 is 0 Å². The summed E-state index contributed by atoms with van der Waals surface area (Å²) in [6.07, 6.45) is 1.79. The third-order valence-electron chi connectivity index (χ3n) is 3.90. The molecule has 3 rings (SSSR count). The Bertz CT molecular complexity index is 933.